The summed E-state index contributed by atoms with van der Waals surface area (Å²) in [6.45, 7) is 1.90. The average molecular weight is 283 g/mol. The van der Waals surface area contributed by atoms with Gasteiger partial charge in [-0.25, -0.2) is 4.98 Å². The highest BCUT2D eigenvalue weighted by Gasteiger charge is 2.13. The highest BCUT2D eigenvalue weighted by Crippen LogP contribution is 2.14. The molecule has 0 fully saturated rings. The molecule has 21 heavy (non-hydrogen) atoms. The number of hydrogen-bond donors (Lipinski definition) is 2. The van der Waals surface area contributed by atoms with Gasteiger partial charge in [-0.05, 0) is 18.9 Å². The second kappa shape index (κ2) is 5.88. The van der Waals surface area contributed by atoms with Crippen molar-refractivity contribution in [3.63, 3.8) is 0 Å². The lowest BCUT2D eigenvalue weighted by Gasteiger charge is -2.17. The zero-order valence-electron chi connectivity index (χ0n) is 11.8. The zero-order valence-corrected chi connectivity index (χ0v) is 11.8. The third-order valence-corrected chi connectivity index (χ3v) is 3.38. The van der Waals surface area contributed by atoms with Gasteiger partial charge in [0.2, 0.25) is 5.65 Å². The van der Waals surface area contributed by atoms with Crippen molar-refractivity contribution in [1.29, 1.82) is 0 Å². The standard InChI is InChI=1S/C15H17N5O/c1-11-18-19-15-14(16-7-8-20(11)15)17-13(10-21)9-12-5-3-2-4-6-12/h2-8,13,21H,9-10H2,1H3,(H,16,17). The van der Waals surface area contributed by atoms with Crippen LogP contribution in [0.2, 0.25) is 0 Å². The van der Waals surface area contributed by atoms with Crippen molar-refractivity contribution >= 4 is 11.5 Å². The monoisotopic (exact) mass is 283 g/mol. The molecule has 0 aliphatic heterocycles. The Hall–Kier alpha value is -2.47. The molecule has 0 amide bonds. The Morgan fingerprint density at radius 1 is 1.24 bits per heavy atom. The van der Waals surface area contributed by atoms with Crippen LogP contribution in [0.4, 0.5) is 5.82 Å². The molecule has 0 aliphatic carbocycles. The minimum Gasteiger partial charge on any atom is -0.394 e. The molecular weight excluding hydrogens is 266 g/mol. The van der Waals surface area contributed by atoms with Gasteiger partial charge in [0.1, 0.15) is 5.82 Å². The molecule has 0 radical (unpaired) electrons. The molecule has 1 aromatic carbocycles. The maximum Gasteiger partial charge on any atom is 0.203 e. The lowest BCUT2D eigenvalue weighted by molar-refractivity contribution is 0.273. The van der Waals surface area contributed by atoms with Crippen molar-refractivity contribution < 1.29 is 5.11 Å². The van der Waals surface area contributed by atoms with Gasteiger partial charge >= 0.3 is 0 Å². The van der Waals surface area contributed by atoms with Crippen LogP contribution in [-0.2, 0) is 6.42 Å². The van der Waals surface area contributed by atoms with E-state index in [1.54, 1.807) is 6.20 Å². The van der Waals surface area contributed by atoms with Gasteiger partial charge in [-0.2, -0.15) is 0 Å². The molecule has 3 rings (SSSR count). The van der Waals surface area contributed by atoms with Crippen LogP contribution in [0, 0.1) is 6.92 Å². The number of aliphatic hydroxyl groups is 1. The number of hydrogen-bond acceptors (Lipinski definition) is 5. The number of fused-ring (bicyclic) bond motifs is 1. The molecular formula is C15H17N5O. The smallest absolute Gasteiger partial charge is 0.203 e. The summed E-state index contributed by atoms with van der Waals surface area (Å²) in [7, 11) is 0. The van der Waals surface area contributed by atoms with Gasteiger partial charge < -0.3 is 10.4 Å². The zero-order chi connectivity index (χ0) is 14.7. The Morgan fingerprint density at radius 3 is 2.81 bits per heavy atom. The van der Waals surface area contributed by atoms with Crippen molar-refractivity contribution in [3.8, 4) is 0 Å². The summed E-state index contributed by atoms with van der Waals surface area (Å²) in [5.41, 5.74) is 1.83. The van der Waals surface area contributed by atoms with E-state index in [0.29, 0.717) is 17.9 Å². The fraction of sp³-hybridized carbons (Fsp3) is 0.267. The van der Waals surface area contributed by atoms with E-state index in [-0.39, 0.29) is 12.6 Å². The van der Waals surface area contributed by atoms with E-state index < -0.39 is 0 Å². The van der Waals surface area contributed by atoms with Gasteiger partial charge in [0, 0.05) is 12.4 Å². The number of anilines is 1. The van der Waals surface area contributed by atoms with E-state index in [9.17, 15) is 5.11 Å². The summed E-state index contributed by atoms with van der Waals surface area (Å²) in [6, 6.07) is 9.92. The molecule has 2 aromatic heterocycles. The SMILES string of the molecule is Cc1nnc2c(NC(CO)Cc3ccccc3)nccn12. The van der Waals surface area contributed by atoms with Crippen molar-refractivity contribution in [3.05, 3.63) is 54.1 Å². The third kappa shape index (κ3) is 2.85. The molecule has 6 heteroatoms. The van der Waals surface area contributed by atoms with Gasteiger partial charge in [0.05, 0.1) is 12.6 Å². The first-order valence-electron chi connectivity index (χ1n) is 6.85. The molecule has 2 N–H and O–H groups in total. The van der Waals surface area contributed by atoms with Crippen molar-refractivity contribution in [2.75, 3.05) is 11.9 Å². The molecule has 0 saturated heterocycles. The average Bonchev–Trinajstić information content (AvgIpc) is 2.90. The predicted octanol–water partition coefficient (Wildman–Crippen LogP) is 1.45. The van der Waals surface area contributed by atoms with Gasteiger partial charge in [0.15, 0.2) is 5.82 Å². The number of rotatable bonds is 5. The van der Waals surface area contributed by atoms with Gasteiger partial charge in [-0.1, -0.05) is 30.3 Å². The number of aliphatic hydroxyl groups excluding tert-OH is 1. The van der Waals surface area contributed by atoms with E-state index in [1.807, 2.05) is 47.9 Å². The van der Waals surface area contributed by atoms with Gasteiger partial charge in [-0.15, -0.1) is 10.2 Å². The van der Waals surface area contributed by atoms with Crippen molar-refractivity contribution in [2.24, 2.45) is 0 Å². The summed E-state index contributed by atoms with van der Waals surface area (Å²) < 4.78 is 1.87. The number of aryl methyl sites for hydroxylation is 1. The summed E-state index contributed by atoms with van der Waals surface area (Å²) in [5, 5.41) is 21.0. The number of benzene rings is 1. The van der Waals surface area contributed by atoms with Crippen LogP contribution in [0.1, 0.15) is 11.4 Å². The van der Waals surface area contributed by atoms with Crippen molar-refractivity contribution in [2.45, 2.75) is 19.4 Å². The van der Waals surface area contributed by atoms with Crippen LogP contribution >= 0.6 is 0 Å². The second-order valence-corrected chi connectivity index (χ2v) is 4.93. The molecule has 0 bridgehead atoms. The van der Waals surface area contributed by atoms with E-state index >= 15 is 0 Å². The Kier molecular flexibility index (Phi) is 3.79. The molecule has 1 atom stereocenters. The highest BCUT2D eigenvalue weighted by molar-refractivity contribution is 5.62. The highest BCUT2D eigenvalue weighted by atomic mass is 16.3. The fourth-order valence-electron chi connectivity index (χ4n) is 2.30. The predicted molar refractivity (Wildman–Crippen MR) is 80.2 cm³/mol. The number of nitrogens with one attached hydrogen (secondary N) is 1. The first kappa shape index (κ1) is 13.5. The molecule has 108 valence electrons. The number of nitrogens with zero attached hydrogens (tertiary/aromatic N) is 4. The lowest BCUT2D eigenvalue weighted by atomic mass is 10.1. The minimum absolute atomic E-state index is 0.0186. The molecule has 6 nitrogen and oxygen atoms in total. The first-order chi connectivity index (χ1) is 10.3. The van der Waals surface area contributed by atoms with E-state index in [2.05, 4.69) is 20.5 Å². The summed E-state index contributed by atoms with van der Waals surface area (Å²) >= 11 is 0. The maximum absolute atomic E-state index is 9.59. The Bertz CT molecular complexity index is 725. The topological polar surface area (TPSA) is 75.3 Å². The van der Waals surface area contributed by atoms with Crippen LogP contribution in [0.25, 0.3) is 5.65 Å². The molecule has 0 spiro atoms. The van der Waals surface area contributed by atoms with Crippen molar-refractivity contribution in [1.82, 2.24) is 19.6 Å². The molecule has 2 heterocycles. The molecule has 0 aliphatic rings. The van der Waals surface area contributed by atoms with E-state index in [4.69, 9.17) is 0 Å². The van der Waals surface area contributed by atoms with Gasteiger partial charge in [0.25, 0.3) is 0 Å². The van der Waals surface area contributed by atoms with Crippen LogP contribution in [0.15, 0.2) is 42.7 Å². The Labute approximate surface area is 122 Å². The summed E-state index contributed by atoms with van der Waals surface area (Å²) in [5.74, 6) is 1.44. The molecule has 1 unspecified atom stereocenters. The fourth-order valence-corrected chi connectivity index (χ4v) is 2.30. The Morgan fingerprint density at radius 2 is 2.05 bits per heavy atom. The van der Waals surface area contributed by atoms with Gasteiger partial charge in [-0.3, -0.25) is 4.40 Å². The third-order valence-electron chi connectivity index (χ3n) is 3.38. The molecule has 3 aromatic rings. The van der Waals surface area contributed by atoms with E-state index in [0.717, 1.165) is 11.4 Å². The van der Waals surface area contributed by atoms with Crippen LogP contribution in [-0.4, -0.2) is 37.3 Å². The van der Waals surface area contributed by atoms with E-state index in [1.165, 1.54) is 0 Å². The first-order valence-corrected chi connectivity index (χ1v) is 6.85. The lowest BCUT2D eigenvalue weighted by Crippen LogP contribution is -2.27. The normalized spacial score (nSPS) is 12.5. The second-order valence-electron chi connectivity index (χ2n) is 4.93. The summed E-state index contributed by atoms with van der Waals surface area (Å²) in [6.07, 6.45) is 4.23. The maximum atomic E-state index is 9.59. The van der Waals surface area contributed by atoms with Crippen LogP contribution in [0.3, 0.4) is 0 Å². The van der Waals surface area contributed by atoms with Crippen LogP contribution < -0.4 is 5.32 Å². The summed E-state index contributed by atoms with van der Waals surface area (Å²) in [4.78, 5) is 4.30. The largest absolute Gasteiger partial charge is 0.394 e. The van der Waals surface area contributed by atoms with Crippen LogP contribution in [0.5, 0.6) is 0 Å². The number of aromatic nitrogens is 4. The quantitative estimate of drug-likeness (QED) is 0.741. The minimum atomic E-state index is -0.122. The Balaban J connectivity index is 1.82. The molecule has 0 saturated carbocycles.